The molecule has 140 valence electrons. The zero-order valence-corrected chi connectivity index (χ0v) is 19.9. The van der Waals surface area contributed by atoms with E-state index in [1.165, 1.54) is 0 Å². The molecule has 0 nitrogen and oxygen atoms in total. The fourth-order valence-corrected chi connectivity index (χ4v) is 6.63. The number of rotatable bonds is 2. The van der Waals surface area contributed by atoms with E-state index < -0.39 is 20.8 Å². The van der Waals surface area contributed by atoms with Crippen molar-refractivity contribution in [2.45, 2.75) is 83.5 Å². The van der Waals surface area contributed by atoms with E-state index in [1.54, 1.807) is 83.5 Å². The topological polar surface area (TPSA) is 0 Å². The Morgan fingerprint density at radius 2 is 1.17 bits per heavy atom. The van der Waals surface area contributed by atoms with Gasteiger partial charge in [0.05, 0.1) is 0 Å². The van der Waals surface area contributed by atoms with Gasteiger partial charge >= 0.3 is 37.9 Å². The second-order valence-corrected chi connectivity index (χ2v) is 12.2. The van der Waals surface area contributed by atoms with Crippen LogP contribution in [-0.4, -0.2) is 0 Å². The summed E-state index contributed by atoms with van der Waals surface area (Å²) in [6.45, 7) is 0. The van der Waals surface area contributed by atoms with Crippen LogP contribution in [0.4, 0.5) is 0 Å². The Hall–Kier alpha value is 1.46. The second kappa shape index (κ2) is 12.0. The molecule has 0 N–H and O–H groups in total. The molecule has 5 atom stereocenters. The Kier molecular flexibility index (Phi) is 11.8. The average Bonchev–Trinajstić information content (AvgIpc) is 3.12. The monoisotopic (exact) mass is 450 g/mol. The zero-order valence-electron chi connectivity index (χ0n) is 15.9. The van der Waals surface area contributed by atoms with Crippen molar-refractivity contribution in [3.05, 3.63) is 14.9 Å². The predicted octanol–water partition coefficient (Wildman–Crippen LogP) is 8.09. The molecule has 0 aliphatic heterocycles. The van der Waals surface area contributed by atoms with Crippen LogP contribution in [0.3, 0.4) is 0 Å². The molecule has 0 spiro atoms. The molecule has 24 heavy (non-hydrogen) atoms. The van der Waals surface area contributed by atoms with Crippen molar-refractivity contribution in [1.29, 1.82) is 0 Å². The Morgan fingerprint density at radius 1 is 0.667 bits per heavy atom. The summed E-state index contributed by atoms with van der Waals surface area (Å²) in [6.07, 6.45) is 20.6. The third-order valence-electron chi connectivity index (χ3n) is 7.46. The van der Waals surface area contributed by atoms with E-state index in [2.05, 4.69) is 0 Å². The van der Waals surface area contributed by atoms with Gasteiger partial charge in [0.15, 0.2) is 0 Å². The second-order valence-electron chi connectivity index (χ2n) is 8.49. The van der Waals surface area contributed by atoms with Gasteiger partial charge in [0.2, 0.25) is 0 Å². The van der Waals surface area contributed by atoms with Crippen LogP contribution in [0.25, 0.3) is 0 Å². The van der Waals surface area contributed by atoms with Crippen LogP contribution in [0.1, 0.15) is 83.5 Å². The van der Waals surface area contributed by atoms with Crippen LogP contribution in [0.2, 0.25) is 0 Å². The Bertz CT molecular complexity index is 322. The SMILES string of the molecule is C1CCC2CC(CC3CCC4CCCCC43)CC2C1.[CH3-].[CH3-].[Cl][Zr+2][Cl]. The van der Waals surface area contributed by atoms with E-state index >= 15 is 0 Å². The molecule has 5 unspecified atom stereocenters. The van der Waals surface area contributed by atoms with Gasteiger partial charge in [-0.15, -0.1) is 0 Å². The van der Waals surface area contributed by atoms with Gasteiger partial charge in [0, 0.05) is 0 Å². The first-order chi connectivity index (χ1) is 10.8. The molecule has 4 aliphatic rings. The standard InChI is InChI=1S/C19H32.2CH3.2ClH.Zr/c1-2-7-17-12-14(11-16(17)6-1)13-18-10-9-15-5-3-4-8-19(15)18;;;;;/h14-19H,1-13H2;2*1H3;2*1H;/q;2*-1;;;+4/p-2. The summed E-state index contributed by atoms with van der Waals surface area (Å²) in [5, 5.41) is 0. The third-order valence-corrected chi connectivity index (χ3v) is 7.46. The molecular formula is C21H38Cl2Zr. The summed E-state index contributed by atoms with van der Waals surface area (Å²) in [7, 11) is 9.87. The van der Waals surface area contributed by atoms with Crippen LogP contribution in [-0.2, 0) is 20.8 Å². The van der Waals surface area contributed by atoms with Crippen LogP contribution < -0.4 is 0 Å². The van der Waals surface area contributed by atoms with E-state index in [0.29, 0.717) is 0 Å². The fourth-order valence-electron chi connectivity index (χ4n) is 6.63. The maximum absolute atomic E-state index is 4.93. The molecule has 0 bridgehead atoms. The summed E-state index contributed by atoms with van der Waals surface area (Å²) in [6, 6.07) is 0. The van der Waals surface area contributed by atoms with Crippen molar-refractivity contribution >= 4 is 17.0 Å². The molecule has 4 rings (SSSR count). The van der Waals surface area contributed by atoms with E-state index in [1.807, 2.05) is 0 Å². The summed E-state index contributed by atoms with van der Waals surface area (Å²) >= 11 is -0.826. The number of fused-ring (bicyclic) bond motifs is 2. The van der Waals surface area contributed by atoms with E-state index in [-0.39, 0.29) is 14.9 Å². The van der Waals surface area contributed by atoms with Crippen molar-refractivity contribution in [3.63, 3.8) is 0 Å². The van der Waals surface area contributed by atoms with Gasteiger partial charge in [0.25, 0.3) is 0 Å². The molecule has 0 saturated heterocycles. The maximum atomic E-state index is 4.93. The fraction of sp³-hybridized carbons (Fsp3) is 0.905. The normalized spacial score (nSPS) is 39.9. The molecule has 0 aromatic carbocycles. The van der Waals surface area contributed by atoms with E-state index in [0.717, 1.165) is 35.5 Å². The minimum atomic E-state index is -0.826. The number of hydrogen-bond donors (Lipinski definition) is 0. The first-order valence-corrected chi connectivity index (χ1v) is 16.1. The van der Waals surface area contributed by atoms with E-state index in [9.17, 15) is 0 Å². The molecule has 0 amide bonds. The van der Waals surface area contributed by atoms with Gasteiger partial charge in [-0.1, -0.05) is 44.9 Å². The van der Waals surface area contributed by atoms with Crippen LogP contribution >= 0.6 is 17.0 Å². The zero-order chi connectivity index (χ0) is 15.4. The van der Waals surface area contributed by atoms with Crippen molar-refractivity contribution < 1.29 is 20.8 Å². The first kappa shape index (κ1) is 23.5. The number of halogens is 2. The first-order valence-electron chi connectivity index (χ1n) is 9.78. The molecule has 0 aromatic heterocycles. The quantitative estimate of drug-likeness (QED) is 0.371. The van der Waals surface area contributed by atoms with Gasteiger partial charge in [-0.25, -0.2) is 0 Å². The molecule has 4 aliphatic carbocycles. The van der Waals surface area contributed by atoms with E-state index in [4.69, 9.17) is 17.0 Å². The summed E-state index contributed by atoms with van der Waals surface area (Å²) < 4.78 is 0. The van der Waals surface area contributed by atoms with Gasteiger partial charge in [-0.3, -0.25) is 0 Å². The van der Waals surface area contributed by atoms with Crippen molar-refractivity contribution in [3.8, 4) is 0 Å². The molecule has 0 radical (unpaired) electrons. The van der Waals surface area contributed by atoms with Crippen molar-refractivity contribution in [2.75, 3.05) is 0 Å². The summed E-state index contributed by atoms with van der Waals surface area (Å²) in [4.78, 5) is 0. The third kappa shape index (κ3) is 5.99. The predicted molar refractivity (Wildman–Crippen MR) is 105 cm³/mol. The van der Waals surface area contributed by atoms with Gasteiger partial charge in [-0.05, 0) is 74.0 Å². The summed E-state index contributed by atoms with van der Waals surface area (Å²) in [5.74, 6) is 6.91. The van der Waals surface area contributed by atoms with Crippen LogP contribution in [0.5, 0.6) is 0 Å². The van der Waals surface area contributed by atoms with Crippen LogP contribution in [0.15, 0.2) is 0 Å². The van der Waals surface area contributed by atoms with Gasteiger partial charge in [0.1, 0.15) is 0 Å². The molecular weight excluding hydrogens is 414 g/mol. The Balaban J connectivity index is 0.000000539. The van der Waals surface area contributed by atoms with Crippen molar-refractivity contribution in [1.82, 2.24) is 0 Å². The average molecular weight is 453 g/mol. The molecule has 3 heteroatoms. The molecule has 4 saturated carbocycles. The minimum absolute atomic E-state index is 0. The summed E-state index contributed by atoms with van der Waals surface area (Å²) in [5.41, 5.74) is 0. The Labute approximate surface area is 170 Å². The molecule has 0 heterocycles. The van der Waals surface area contributed by atoms with Gasteiger partial charge in [-0.2, -0.15) is 0 Å². The van der Waals surface area contributed by atoms with Crippen molar-refractivity contribution in [2.24, 2.45) is 35.5 Å². The Morgan fingerprint density at radius 3 is 1.75 bits per heavy atom. The number of hydrogen-bond acceptors (Lipinski definition) is 0. The molecule has 0 aromatic rings. The molecule has 4 fully saturated rings. The van der Waals surface area contributed by atoms with Crippen LogP contribution in [0, 0.1) is 50.4 Å². The van der Waals surface area contributed by atoms with Gasteiger partial charge < -0.3 is 14.9 Å².